The van der Waals surface area contributed by atoms with Crippen molar-refractivity contribution < 1.29 is 23.0 Å². The van der Waals surface area contributed by atoms with Crippen molar-refractivity contribution in [3.05, 3.63) is 23.8 Å². The number of hydrogen-bond donors (Lipinski definition) is 1. The third-order valence-corrected chi connectivity index (χ3v) is 2.68. The Labute approximate surface area is 116 Å². The van der Waals surface area contributed by atoms with Gasteiger partial charge in [0.2, 0.25) is 0 Å². The maximum Gasteiger partial charge on any atom is 0.387 e. The van der Waals surface area contributed by atoms with Gasteiger partial charge < -0.3 is 19.7 Å². The van der Waals surface area contributed by atoms with Gasteiger partial charge >= 0.3 is 6.61 Å². The third kappa shape index (κ3) is 4.06. The first-order valence-corrected chi connectivity index (χ1v) is 6.03. The quantitative estimate of drug-likeness (QED) is 0.828. The molecule has 0 saturated carbocycles. The van der Waals surface area contributed by atoms with Crippen LogP contribution in [-0.4, -0.2) is 51.7 Å². The summed E-state index contributed by atoms with van der Waals surface area (Å²) in [5.74, 6) is -0.556. The second-order valence-electron chi connectivity index (χ2n) is 4.05. The summed E-state index contributed by atoms with van der Waals surface area (Å²) in [4.78, 5) is 13.7. The van der Waals surface area contributed by atoms with Gasteiger partial charge in [-0.05, 0) is 19.2 Å². The molecule has 0 aliphatic carbocycles. The molecule has 0 atom stereocenters. The molecule has 1 rings (SSSR count). The Morgan fingerprint density at radius 2 is 2.15 bits per heavy atom. The van der Waals surface area contributed by atoms with E-state index in [2.05, 4.69) is 10.1 Å². The number of benzene rings is 1. The molecule has 5 nitrogen and oxygen atoms in total. The number of rotatable bonds is 7. The highest BCUT2D eigenvalue weighted by Gasteiger charge is 2.22. The molecule has 1 amide bonds. The zero-order chi connectivity index (χ0) is 15.1. The summed E-state index contributed by atoms with van der Waals surface area (Å²) in [7, 11) is 4.67. The van der Waals surface area contributed by atoms with Crippen molar-refractivity contribution in [2.45, 2.75) is 6.61 Å². The van der Waals surface area contributed by atoms with E-state index in [1.54, 1.807) is 20.2 Å². The maximum absolute atomic E-state index is 12.5. The van der Waals surface area contributed by atoms with Crippen molar-refractivity contribution in [1.82, 2.24) is 10.2 Å². The lowest BCUT2D eigenvalue weighted by Crippen LogP contribution is -2.33. The van der Waals surface area contributed by atoms with E-state index < -0.39 is 12.5 Å². The molecule has 0 bridgehead atoms. The van der Waals surface area contributed by atoms with E-state index in [-0.39, 0.29) is 17.1 Å². The van der Waals surface area contributed by atoms with Crippen molar-refractivity contribution in [3.63, 3.8) is 0 Å². The summed E-state index contributed by atoms with van der Waals surface area (Å²) >= 11 is 0. The van der Waals surface area contributed by atoms with E-state index in [0.717, 1.165) is 0 Å². The zero-order valence-corrected chi connectivity index (χ0v) is 11.7. The van der Waals surface area contributed by atoms with Gasteiger partial charge in [-0.25, -0.2) is 0 Å². The maximum atomic E-state index is 12.5. The molecule has 1 N–H and O–H groups in total. The Bertz CT molecular complexity index is 455. The molecule has 1 aromatic rings. The van der Waals surface area contributed by atoms with Gasteiger partial charge in [0.25, 0.3) is 5.91 Å². The van der Waals surface area contributed by atoms with Crippen LogP contribution in [0, 0.1) is 0 Å². The first-order chi connectivity index (χ1) is 9.51. The predicted molar refractivity (Wildman–Crippen MR) is 70.5 cm³/mol. The fourth-order valence-corrected chi connectivity index (χ4v) is 1.64. The molecule has 0 spiro atoms. The second-order valence-corrected chi connectivity index (χ2v) is 4.05. The molecule has 0 saturated heterocycles. The van der Waals surface area contributed by atoms with Crippen molar-refractivity contribution in [2.75, 3.05) is 34.3 Å². The van der Waals surface area contributed by atoms with Crippen molar-refractivity contribution >= 4 is 5.91 Å². The van der Waals surface area contributed by atoms with E-state index in [4.69, 9.17) is 4.74 Å². The minimum atomic E-state index is -3.03. The van der Waals surface area contributed by atoms with Crippen LogP contribution < -0.4 is 14.8 Å². The van der Waals surface area contributed by atoms with Crippen molar-refractivity contribution in [1.29, 1.82) is 0 Å². The van der Waals surface area contributed by atoms with Crippen LogP contribution >= 0.6 is 0 Å². The third-order valence-electron chi connectivity index (χ3n) is 2.68. The monoisotopic (exact) mass is 288 g/mol. The van der Waals surface area contributed by atoms with Gasteiger partial charge in [-0.2, -0.15) is 8.78 Å². The standard InChI is InChI=1S/C13H18F2N2O3/c1-16-7-8-17(2)12(18)9-5-4-6-10(19-3)11(9)20-13(14)15/h4-6,13,16H,7-8H2,1-3H3. The first-order valence-electron chi connectivity index (χ1n) is 6.03. The summed E-state index contributed by atoms with van der Waals surface area (Å²) in [5, 5.41) is 2.90. The number of ether oxygens (including phenoxy) is 2. The number of para-hydroxylation sites is 1. The Hall–Kier alpha value is -1.89. The van der Waals surface area contributed by atoms with Crippen LogP contribution in [0.4, 0.5) is 8.78 Å². The number of likely N-dealkylation sites (N-methyl/N-ethyl adjacent to an activating group) is 2. The Kier molecular flexibility index (Phi) is 6.17. The minimum absolute atomic E-state index is 0.0447. The largest absolute Gasteiger partial charge is 0.493 e. The van der Waals surface area contributed by atoms with Gasteiger partial charge in [-0.15, -0.1) is 0 Å². The summed E-state index contributed by atoms with van der Waals surface area (Å²) in [6, 6.07) is 4.44. The molecule has 0 aliphatic heterocycles. The number of nitrogens with zero attached hydrogens (tertiary/aromatic N) is 1. The highest BCUT2D eigenvalue weighted by Crippen LogP contribution is 2.33. The predicted octanol–water partition coefficient (Wildman–Crippen LogP) is 1.59. The average Bonchev–Trinajstić information content (AvgIpc) is 2.43. The molecule has 0 aliphatic rings. The lowest BCUT2D eigenvalue weighted by Gasteiger charge is -2.20. The van der Waals surface area contributed by atoms with E-state index in [9.17, 15) is 13.6 Å². The van der Waals surface area contributed by atoms with Gasteiger partial charge in [-0.1, -0.05) is 6.07 Å². The molecule has 7 heteroatoms. The summed E-state index contributed by atoms with van der Waals surface area (Å²) in [5.41, 5.74) is 0.0447. The molecule has 20 heavy (non-hydrogen) atoms. The van der Waals surface area contributed by atoms with Crippen molar-refractivity contribution in [3.8, 4) is 11.5 Å². The smallest absolute Gasteiger partial charge is 0.387 e. The number of hydrogen-bond acceptors (Lipinski definition) is 4. The fourth-order valence-electron chi connectivity index (χ4n) is 1.64. The lowest BCUT2D eigenvalue weighted by molar-refractivity contribution is -0.0516. The van der Waals surface area contributed by atoms with E-state index in [1.165, 1.54) is 24.1 Å². The summed E-state index contributed by atoms with van der Waals surface area (Å²) in [6.07, 6.45) is 0. The highest BCUT2D eigenvalue weighted by atomic mass is 19.3. The highest BCUT2D eigenvalue weighted by molar-refractivity contribution is 5.97. The molecular weight excluding hydrogens is 270 g/mol. The van der Waals surface area contributed by atoms with Crippen LogP contribution in [0.25, 0.3) is 0 Å². The molecule has 0 heterocycles. The number of alkyl halides is 2. The molecule has 1 aromatic carbocycles. The SMILES string of the molecule is CNCCN(C)C(=O)c1cccc(OC)c1OC(F)F. The minimum Gasteiger partial charge on any atom is -0.493 e. The Balaban J connectivity index is 3.06. The number of nitrogens with one attached hydrogen (secondary N) is 1. The number of carbonyl (C=O) groups is 1. The zero-order valence-electron chi connectivity index (χ0n) is 11.7. The van der Waals surface area contributed by atoms with Gasteiger partial charge in [0.1, 0.15) is 0 Å². The molecular formula is C13H18F2N2O3. The van der Waals surface area contributed by atoms with Crippen LogP contribution in [0.3, 0.4) is 0 Å². The lowest BCUT2D eigenvalue weighted by atomic mass is 10.1. The normalized spacial score (nSPS) is 10.5. The average molecular weight is 288 g/mol. The topological polar surface area (TPSA) is 50.8 Å². The van der Waals surface area contributed by atoms with Crippen LogP contribution in [0.15, 0.2) is 18.2 Å². The van der Waals surface area contributed by atoms with Gasteiger partial charge in [0, 0.05) is 20.1 Å². The first kappa shape index (κ1) is 16.2. The number of methoxy groups -OCH3 is 1. The number of amides is 1. The van der Waals surface area contributed by atoms with E-state index in [1.807, 2.05) is 0 Å². The van der Waals surface area contributed by atoms with Crippen LogP contribution in [0.2, 0.25) is 0 Å². The fraction of sp³-hybridized carbons (Fsp3) is 0.462. The van der Waals surface area contributed by atoms with E-state index in [0.29, 0.717) is 13.1 Å². The Morgan fingerprint density at radius 1 is 1.45 bits per heavy atom. The van der Waals surface area contributed by atoms with Gasteiger partial charge in [0.15, 0.2) is 11.5 Å². The molecule has 0 unspecified atom stereocenters. The van der Waals surface area contributed by atoms with Crippen LogP contribution in [-0.2, 0) is 0 Å². The molecule has 112 valence electrons. The number of carbonyl (C=O) groups excluding carboxylic acids is 1. The summed E-state index contributed by atoms with van der Waals surface area (Å²) < 4.78 is 34.3. The van der Waals surface area contributed by atoms with Gasteiger partial charge in [-0.3, -0.25) is 4.79 Å². The second kappa shape index (κ2) is 7.64. The van der Waals surface area contributed by atoms with Crippen molar-refractivity contribution in [2.24, 2.45) is 0 Å². The van der Waals surface area contributed by atoms with Crippen LogP contribution in [0.1, 0.15) is 10.4 Å². The number of halogens is 2. The molecule has 0 fully saturated rings. The molecule has 0 aromatic heterocycles. The molecule has 0 radical (unpaired) electrons. The van der Waals surface area contributed by atoms with Crippen LogP contribution in [0.5, 0.6) is 11.5 Å². The summed E-state index contributed by atoms with van der Waals surface area (Å²) in [6.45, 7) is -1.99. The van der Waals surface area contributed by atoms with E-state index >= 15 is 0 Å². The van der Waals surface area contributed by atoms with Gasteiger partial charge in [0.05, 0.1) is 12.7 Å². The Morgan fingerprint density at radius 3 is 2.70 bits per heavy atom.